The number of anilines is 2. The summed E-state index contributed by atoms with van der Waals surface area (Å²) in [5, 5.41) is 13.0. The molecule has 0 aliphatic heterocycles. The maximum absolute atomic E-state index is 12.5. The zero-order valence-electron chi connectivity index (χ0n) is 20.4. The lowest BCUT2D eigenvalue weighted by Gasteiger charge is -2.39. The molecule has 1 aliphatic carbocycles. The Morgan fingerprint density at radius 3 is 2.49 bits per heavy atom. The molecule has 1 aliphatic rings. The molecule has 0 amide bonds. The van der Waals surface area contributed by atoms with E-state index < -0.39 is 6.36 Å². The van der Waals surface area contributed by atoms with Crippen LogP contribution >= 0.6 is 0 Å². The summed E-state index contributed by atoms with van der Waals surface area (Å²) in [6, 6.07) is 9.27. The van der Waals surface area contributed by atoms with E-state index in [4.69, 9.17) is 9.72 Å². The first kappa shape index (κ1) is 25.2. The van der Waals surface area contributed by atoms with Crippen molar-refractivity contribution in [3.8, 4) is 11.5 Å². The van der Waals surface area contributed by atoms with E-state index in [1.54, 1.807) is 7.11 Å². The maximum atomic E-state index is 12.5. The number of benzene rings is 2. The summed E-state index contributed by atoms with van der Waals surface area (Å²) in [7, 11) is 1.57. The van der Waals surface area contributed by atoms with Crippen LogP contribution in [0.15, 0.2) is 36.4 Å². The van der Waals surface area contributed by atoms with E-state index in [0.717, 1.165) is 24.9 Å². The Labute approximate surface area is 203 Å². The molecular formula is C26H32F3N3O3. The first-order chi connectivity index (χ1) is 16.5. The van der Waals surface area contributed by atoms with Gasteiger partial charge in [0.25, 0.3) is 0 Å². The maximum Gasteiger partial charge on any atom is 0.573 e. The summed E-state index contributed by atoms with van der Waals surface area (Å²) < 4.78 is 49.1. The lowest BCUT2D eigenvalue weighted by Crippen LogP contribution is -2.30. The number of nitrogens with zero attached hydrogens (tertiary/aromatic N) is 2. The minimum Gasteiger partial charge on any atom is -0.496 e. The number of alkyl halides is 3. The van der Waals surface area contributed by atoms with E-state index in [1.807, 2.05) is 12.1 Å². The molecule has 190 valence electrons. The van der Waals surface area contributed by atoms with Gasteiger partial charge in [0.15, 0.2) is 0 Å². The van der Waals surface area contributed by atoms with Crippen molar-refractivity contribution in [1.82, 2.24) is 9.55 Å². The van der Waals surface area contributed by atoms with Crippen molar-refractivity contribution < 1.29 is 27.8 Å². The molecule has 6 nitrogen and oxygen atoms in total. The van der Waals surface area contributed by atoms with Crippen LogP contribution in [0.4, 0.5) is 24.8 Å². The lowest BCUT2D eigenvalue weighted by molar-refractivity contribution is -0.274. The number of nitrogens with one attached hydrogen (secondary N) is 1. The number of hydrogen-bond donors (Lipinski definition) is 2. The highest BCUT2D eigenvalue weighted by molar-refractivity contribution is 5.82. The van der Waals surface area contributed by atoms with Crippen molar-refractivity contribution >= 4 is 22.7 Å². The lowest BCUT2D eigenvalue weighted by atomic mass is 9.68. The van der Waals surface area contributed by atoms with Gasteiger partial charge in [0.2, 0.25) is 5.95 Å². The Balaban J connectivity index is 1.70. The number of halogens is 3. The third-order valence-corrected chi connectivity index (χ3v) is 6.58. The van der Waals surface area contributed by atoms with Crippen LogP contribution < -0.4 is 14.8 Å². The number of aliphatic hydroxyl groups excluding tert-OH is 1. The van der Waals surface area contributed by atoms with E-state index in [2.05, 4.69) is 35.4 Å². The van der Waals surface area contributed by atoms with Gasteiger partial charge in [0.1, 0.15) is 11.5 Å². The molecule has 0 spiro atoms. The molecule has 1 fully saturated rings. The van der Waals surface area contributed by atoms with Gasteiger partial charge in [-0.25, -0.2) is 4.98 Å². The Morgan fingerprint density at radius 1 is 1.17 bits per heavy atom. The van der Waals surface area contributed by atoms with E-state index in [0.29, 0.717) is 40.3 Å². The minimum atomic E-state index is -4.74. The Bertz CT molecular complexity index is 1170. The Morgan fingerprint density at radius 2 is 1.89 bits per heavy atom. The van der Waals surface area contributed by atoms with E-state index in [9.17, 15) is 18.3 Å². The molecule has 0 unspecified atom stereocenters. The summed E-state index contributed by atoms with van der Waals surface area (Å²) in [5.41, 5.74) is 3.05. The number of aliphatic hydroxyl groups is 1. The molecule has 2 aromatic carbocycles. The fourth-order valence-corrected chi connectivity index (χ4v) is 5.60. The third-order valence-electron chi connectivity index (χ3n) is 6.58. The predicted octanol–water partition coefficient (Wildman–Crippen LogP) is 6.64. The van der Waals surface area contributed by atoms with Crippen molar-refractivity contribution in [3.05, 3.63) is 42.0 Å². The molecular weight excluding hydrogens is 459 g/mol. The second-order valence-corrected chi connectivity index (χ2v) is 10.3. The quantitative estimate of drug-likeness (QED) is 0.388. The molecule has 2 atom stereocenters. The fourth-order valence-electron chi connectivity index (χ4n) is 5.60. The van der Waals surface area contributed by atoms with Crippen molar-refractivity contribution in [3.63, 3.8) is 0 Å². The van der Waals surface area contributed by atoms with Gasteiger partial charge in [-0.15, -0.1) is 13.2 Å². The monoisotopic (exact) mass is 491 g/mol. The number of methoxy groups -OCH3 is 1. The van der Waals surface area contributed by atoms with Gasteiger partial charge >= 0.3 is 6.36 Å². The van der Waals surface area contributed by atoms with Gasteiger partial charge < -0.3 is 24.5 Å². The minimum absolute atomic E-state index is 0.177. The van der Waals surface area contributed by atoms with Crippen LogP contribution in [0.3, 0.4) is 0 Å². The van der Waals surface area contributed by atoms with Gasteiger partial charge in [-0.1, -0.05) is 20.8 Å². The van der Waals surface area contributed by atoms with Crippen LogP contribution in [0.5, 0.6) is 11.5 Å². The number of imidazole rings is 1. The summed E-state index contributed by atoms with van der Waals surface area (Å²) in [6.07, 6.45) is -1.35. The van der Waals surface area contributed by atoms with E-state index in [-0.39, 0.29) is 17.8 Å². The van der Waals surface area contributed by atoms with Crippen molar-refractivity contribution in [2.75, 3.05) is 12.4 Å². The molecule has 9 heteroatoms. The standard InChI is InChI=1S/C26H32F3N3O3/c1-16-9-17(13-25(2,3)12-16)14-32-22-11-23(34-4)18(15-33)10-21(22)31-24(32)30-19-5-7-20(8-6-19)35-26(27,28)29/h5-8,10-11,16-17,33H,9,12-15H2,1-4H3,(H,30,31)/t16-,17+/m0/s1. The topological polar surface area (TPSA) is 68.5 Å². The van der Waals surface area contributed by atoms with Gasteiger partial charge in [-0.2, -0.15) is 0 Å². The zero-order chi connectivity index (χ0) is 25.4. The SMILES string of the molecule is COc1cc2c(cc1CO)nc(Nc1ccc(OC(F)(F)F)cc1)n2C[C@@H]1C[C@H](C)CC(C)(C)C1. The highest BCUT2D eigenvalue weighted by atomic mass is 19.4. The van der Waals surface area contributed by atoms with E-state index >= 15 is 0 Å². The molecule has 3 aromatic rings. The molecule has 2 N–H and O–H groups in total. The number of aromatic nitrogens is 2. The van der Waals surface area contributed by atoms with Crippen LogP contribution in [0.2, 0.25) is 0 Å². The van der Waals surface area contributed by atoms with Gasteiger partial charge in [-0.3, -0.25) is 0 Å². The molecule has 1 aromatic heterocycles. The van der Waals surface area contributed by atoms with Crippen LogP contribution in [0.1, 0.15) is 45.6 Å². The van der Waals surface area contributed by atoms with Crippen LogP contribution in [-0.2, 0) is 13.2 Å². The number of hydrogen-bond acceptors (Lipinski definition) is 5. The number of fused-ring (bicyclic) bond motifs is 1. The molecule has 0 bridgehead atoms. The summed E-state index contributed by atoms with van der Waals surface area (Å²) in [4.78, 5) is 4.77. The average Bonchev–Trinajstić information content (AvgIpc) is 3.07. The number of ether oxygens (including phenoxy) is 2. The Hall–Kier alpha value is -2.94. The molecule has 1 heterocycles. The second kappa shape index (κ2) is 9.60. The summed E-state index contributed by atoms with van der Waals surface area (Å²) >= 11 is 0. The van der Waals surface area contributed by atoms with Gasteiger partial charge in [0.05, 0.1) is 24.8 Å². The number of rotatable bonds is 7. The van der Waals surface area contributed by atoms with Crippen molar-refractivity contribution in [1.29, 1.82) is 0 Å². The largest absolute Gasteiger partial charge is 0.573 e. The van der Waals surface area contributed by atoms with E-state index in [1.165, 1.54) is 30.7 Å². The Kier molecular flexibility index (Phi) is 6.90. The van der Waals surface area contributed by atoms with Crippen molar-refractivity contribution in [2.45, 2.75) is 59.5 Å². The first-order valence-electron chi connectivity index (χ1n) is 11.8. The molecule has 0 saturated heterocycles. The normalized spacial score (nSPS) is 20.1. The molecule has 4 rings (SSSR count). The highest BCUT2D eigenvalue weighted by Crippen LogP contribution is 2.43. The molecule has 0 radical (unpaired) electrons. The first-order valence-corrected chi connectivity index (χ1v) is 11.8. The van der Waals surface area contributed by atoms with Crippen LogP contribution in [0, 0.1) is 17.3 Å². The van der Waals surface area contributed by atoms with Gasteiger partial charge in [-0.05, 0) is 66.8 Å². The smallest absolute Gasteiger partial charge is 0.496 e. The van der Waals surface area contributed by atoms with Crippen LogP contribution in [0.25, 0.3) is 11.0 Å². The second-order valence-electron chi connectivity index (χ2n) is 10.3. The summed E-state index contributed by atoms with van der Waals surface area (Å²) in [6.45, 7) is 7.47. The van der Waals surface area contributed by atoms with Crippen LogP contribution in [-0.4, -0.2) is 28.1 Å². The predicted molar refractivity (Wildman–Crippen MR) is 129 cm³/mol. The molecule has 1 saturated carbocycles. The van der Waals surface area contributed by atoms with Gasteiger partial charge in [0, 0.05) is 23.9 Å². The zero-order valence-corrected chi connectivity index (χ0v) is 20.4. The molecule has 35 heavy (non-hydrogen) atoms. The van der Waals surface area contributed by atoms with Crippen molar-refractivity contribution in [2.24, 2.45) is 17.3 Å². The average molecular weight is 492 g/mol. The fraction of sp³-hybridized carbons (Fsp3) is 0.500. The third kappa shape index (κ3) is 6.01. The summed E-state index contributed by atoms with van der Waals surface area (Å²) in [5.74, 6) is 1.94. The highest BCUT2D eigenvalue weighted by Gasteiger charge is 2.33.